The Morgan fingerprint density at radius 2 is 1.05 bits per heavy atom. The number of Topliss-reactive ketones (excluding diaryl/α,β-unsaturated/α-hetero) is 1. The molecule has 0 aromatic heterocycles. The van der Waals surface area contributed by atoms with Crippen LogP contribution in [0.5, 0.6) is 0 Å². The molecule has 0 unspecified atom stereocenters. The standard InChI is InChI=1S/C20H32O2/c1-3-5-7-9-11-13-17-15-19(21)16-18(20(17)22)14-12-10-8-6-4-2/h15-16H,3-14H2,1-2H3. The molecule has 1 aliphatic rings. The van der Waals surface area contributed by atoms with Gasteiger partial charge in [-0.3, -0.25) is 9.59 Å². The molecule has 0 aliphatic heterocycles. The number of rotatable bonds is 12. The smallest absolute Gasteiger partial charge is 0.185 e. The summed E-state index contributed by atoms with van der Waals surface area (Å²) in [4.78, 5) is 24.2. The SMILES string of the molecule is CCCCCCCC1=CC(=O)C=C(CCCCCCC)C1=O. The third-order valence-corrected chi connectivity index (χ3v) is 4.32. The summed E-state index contributed by atoms with van der Waals surface area (Å²) in [7, 11) is 0. The second-order valence-corrected chi connectivity index (χ2v) is 6.40. The number of hydrogen-bond donors (Lipinski definition) is 0. The van der Waals surface area contributed by atoms with Crippen molar-refractivity contribution in [3.05, 3.63) is 23.3 Å². The van der Waals surface area contributed by atoms with Crippen LogP contribution >= 0.6 is 0 Å². The van der Waals surface area contributed by atoms with Crippen LogP contribution in [0.4, 0.5) is 0 Å². The first-order chi connectivity index (χ1) is 10.7. The summed E-state index contributed by atoms with van der Waals surface area (Å²) in [6.45, 7) is 4.40. The van der Waals surface area contributed by atoms with Crippen LogP contribution < -0.4 is 0 Å². The van der Waals surface area contributed by atoms with E-state index in [9.17, 15) is 9.59 Å². The van der Waals surface area contributed by atoms with Gasteiger partial charge < -0.3 is 0 Å². The van der Waals surface area contributed by atoms with Crippen LogP contribution in [0.15, 0.2) is 23.3 Å². The Hall–Kier alpha value is -1.18. The van der Waals surface area contributed by atoms with Crippen molar-refractivity contribution in [1.82, 2.24) is 0 Å². The van der Waals surface area contributed by atoms with Gasteiger partial charge in [-0.2, -0.15) is 0 Å². The number of ketones is 2. The second kappa shape index (κ2) is 11.4. The maximum Gasteiger partial charge on any atom is 0.185 e. The van der Waals surface area contributed by atoms with Gasteiger partial charge in [-0.05, 0) is 37.8 Å². The first-order valence-electron chi connectivity index (χ1n) is 9.18. The maximum atomic E-state index is 12.4. The van der Waals surface area contributed by atoms with Crippen LogP contribution in [0.3, 0.4) is 0 Å². The number of unbranched alkanes of at least 4 members (excludes halogenated alkanes) is 8. The van der Waals surface area contributed by atoms with Crippen molar-refractivity contribution in [3.63, 3.8) is 0 Å². The maximum absolute atomic E-state index is 12.4. The lowest BCUT2D eigenvalue weighted by molar-refractivity contribution is -0.115. The van der Waals surface area contributed by atoms with Crippen molar-refractivity contribution in [2.45, 2.75) is 90.9 Å². The molecule has 0 fully saturated rings. The van der Waals surface area contributed by atoms with Crippen molar-refractivity contribution < 1.29 is 9.59 Å². The lowest BCUT2D eigenvalue weighted by Crippen LogP contribution is -2.14. The average Bonchev–Trinajstić information content (AvgIpc) is 2.50. The third-order valence-electron chi connectivity index (χ3n) is 4.32. The Morgan fingerprint density at radius 3 is 1.45 bits per heavy atom. The van der Waals surface area contributed by atoms with Crippen LogP contribution in [-0.2, 0) is 9.59 Å². The van der Waals surface area contributed by atoms with E-state index < -0.39 is 0 Å². The van der Waals surface area contributed by atoms with Gasteiger partial charge in [0.25, 0.3) is 0 Å². The van der Waals surface area contributed by atoms with Gasteiger partial charge in [0, 0.05) is 11.1 Å². The third kappa shape index (κ3) is 7.20. The van der Waals surface area contributed by atoms with E-state index in [2.05, 4.69) is 13.8 Å². The normalized spacial score (nSPS) is 15.0. The summed E-state index contributed by atoms with van der Waals surface area (Å²) < 4.78 is 0. The highest BCUT2D eigenvalue weighted by atomic mass is 16.1. The zero-order chi connectivity index (χ0) is 16.2. The van der Waals surface area contributed by atoms with Gasteiger partial charge in [0.05, 0.1) is 0 Å². The first kappa shape index (κ1) is 18.9. The molecular weight excluding hydrogens is 272 g/mol. The molecular formula is C20H32O2. The van der Waals surface area contributed by atoms with Crippen molar-refractivity contribution in [2.75, 3.05) is 0 Å². The van der Waals surface area contributed by atoms with Crippen LogP contribution in [0.2, 0.25) is 0 Å². The predicted octanol–water partition coefficient (Wildman–Crippen LogP) is 5.71. The summed E-state index contributed by atoms with van der Waals surface area (Å²) in [5.41, 5.74) is 1.49. The average molecular weight is 304 g/mol. The molecule has 22 heavy (non-hydrogen) atoms. The number of carbonyl (C=O) groups is 2. The van der Waals surface area contributed by atoms with Gasteiger partial charge in [0.15, 0.2) is 11.6 Å². The summed E-state index contributed by atoms with van der Waals surface area (Å²) in [6, 6.07) is 0. The molecule has 0 aromatic rings. The lowest BCUT2D eigenvalue weighted by Gasteiger charge is -2.13. The molecule has 2 heteroatoms. The van der Waals surface area contributed by atoms with E-state index in [1.807, 2.05) is 0 Å². The van der Waals surface area contributed by atoms with Crippen molar-refractivity contribution in [1.29, 1.82) is 0 Å². The number of hydrogen-bond acceptors (Lipinski definition) is 2. The fraction of sp³-hybridized carbons (Fsp3) is 0.700. The van der Waals surface area contributed by atoms with Gasteiger partial charge in [-0.25, -0.2) is 0 Å². The molecule has 0 atom stereocenters. The summed E-state index contributed by atoms with van der Waals surface area (Å²) in [5, 5.41) is 0. The van der Waals surface area contributed by atoms with E-state index in [1.54, 1.807) is 12.2 Å². The van der Waals surface area contributed by atoms with Gasteiger partial charge in [-0.15, -0.1) is 0 Å². The van der Waals surface area contributed by atoms with E-state index >= 15 is 0 Å². The minimum absolute atomic E-state index is 0.00622. The lowest BCUT2D eigenvalue weighted by atomic mass is 9.89. The molecule has 0 saturated carbocycles. The van der Waals surface area contributed by atoms with E-state index in [0.717, 1.165) is 49.7 Å². The molecule has 0 amide bonds. The molecule has 1 aliphatic carbocycles. The zero-order valence-electron chi connectivity index (χ0n) is 14.5. The minimum Gasteiger partial charge on any atom is -0.290 e. The van der Waals surface area contributed by atoms with Crippen molar-refractivity contribution in [2.24, 2.45) is 0 Å². The highest BCUT2D eigenvalue weighted by Gasteiger charge is 2.20. The zero-order valence-corrected chi connectivity index (χ0v) is 14.5. The Kier molecular flexibility index (Phi) is 9.77. The van der Waals surface area contributed by atoms with Crippen LogP contribution in [0.25, 0.3) is 0 Å². The van der Waals surface area contributed by atoms with E-state index in [0.29, 0.717) is 0 Å². The highest BCUT2D eigenvalue weighted by molar-refractivity contribution is 6.20. The van der Waals surface area contributed by atoms with E-state index in [4.69, 9.17) is 0 Å². The second-order valence-electron chi connectivity index (χ2n) is 6.40. The van der Waals surface area contributed by atoms with Gasteiger partial charge in [-0.1, -0.05) is 65.2 Å². The molecule has 0 saturated heterocycles. The molecule has 0 spiro atoms. The molecule has 0 N–H and O–H groups in total. The van der Waals surface area contributed by atoms with Crippen LogP contribution in [0, 0.1) is 0 Å². The Morgan fingerprint density at radius 1 is 0.636 bits per heavy atom. The topological polar surface area (TPSA) is 34.1 Å². The molecule has 124 valence electrons. The van der Waals surface area contributed by atoms with Crippen molar-refractivity contribution >= 4 is 11.6 Å². The van der Waals surface area contributed by atoms with Crippen LogP contribution in [-0.4, -0.2) is 11.6 Å². The van der Waals surface area contributed by atoms with Gasteiger partial charge >= 0.3 is 0 Å². The van der Waals surface area contributed by atoms with Crippen molar-refractivity contribution in [3.8, 4) is 0 Å². The molecule has 0 radical (unpaired) electrons. The Bertz CT molecular complexity index is 379. The Balaban J connectivity index is 2.36. The fourth-order valence-corrected chi connectivity index (χ4v) is 2.93. The van der Waals surface area contributed by atoms with Gasteiger partial charge in [0.2, 0.25) is 0 Å². The molecule has 0 bridgehead atoms. The number of allylic oxidation sites excluding steroid dienone is 4. The quantitative estimate of drug-likeness (QED) is 0.342. The van der Waals surface area contributed by atoms with E-state index in [1.165, 1.54) is 38.5 Å². The largest absolute Gasteiger partial charge is 0.290 e. The molecule has 0 aromatic carbocycles. The summed E-state index contributed by atoms with van der Waals surface area (Å²) in [5.74, 6) is 0.136. The fourth-order valence-electron chi connectivity index (χ4n) is 2.93. The van der Waals surface area contributed by atoms with Crippen LogP contribution in [0.1, 0.15) is 90.9 Å². The molecule has 0 heterocycles. The summed E-state index contributed by atoms with van der Waals surface area (Å²) in [6.07, 6.45) is 16.4. The van der Waals surface area contributed by atoms with Gasteiger partial charge in [0.1, 0.15) is 0 Å². The highest BCUT2D eigenvalue weighted by Crippen LogP contribution is 2.23. The number of carbonyl (C=O) groups excluding carboxylic acids is 2. The summed E-state index contributed by atoms with van der Waals surface area (Å²) >= 11 is 0. The minimum atomic E-state index is 0.00622. The molecule has 1 rings (SSSR count). The van der Waals surface area contributed by atoms with E-state index in [-0.39, 0.29) is 11.6 Å². The predicted molar refractivity (Wildman–Crippen MR) is 92.9 cm³/mol. The first-order valence-corrected chi connectivity index (χ1v) is 9.18. The monoisotopic (exact) mass is 304 g/mol. The Labute approximate surface area is 136 Å². The molecule has 2 nitrogen and oxygen atoms in total.